The molecule has 0 fully saturated rings. The summed E-state index contributed by atoms with van der Waals surface area (Å²) in [6.45, 7) is 0.500. The molecule has 0 spiro atoms. The van der Waals surface area contributed by atoms with E-state index in [1.165, 1.54) is 0 Å². The maximum Gasteiger partial charge on any atom is 0.194 e. The lowest BCUT2D eigenvalue weighted by Gasteiger charge is -2.12. The van der Waals surface area contributed by atoms with Gasteiger partial charge in [0.2, 0.25) is 0 Å². The number of methoxy groups -OCH3 is 1. The zero-order valence-corrected chi connectivity index (χ0v) is 12.6. The average Bonchev–Trinajstić information content (AvgIpc) is 2.48. The number of pyridine rings is 1. The second kappa shape index (κ2) is 6.91. The highest BCUT2D eigenvalue weighted by Gasteiger charge is 2.05. The van der Waals surface area contributed by atoms with Crippen LogP contribution in [0.5, 0.6) is 5.75 Å². The number of hydrogen-bond acceptors (Lipinski definition) is 3. The Hall–Kier alpha value is -2.08. The highest BCUT2D eigenvalue weighted by atomic mass is 79.9. The first-order valence-electron chi connectivity index (χ1n) is 6.02. The molecule has 5 nitrogen and oxygen atoms in total. The maximum absolute atomic E-state index is 7.88. The SMILES string of the molecule is COc1ccccc1CNC(=N)Nc1ncccc1Br. The Morgan fingerprint density at radius 3 is 2.85 bits per heavy atom. The van der Waals surface area contributed by atoms with Crippen molar-refractivity contribution in [2.24, 2.45) is 0 Å². The molecule has 104 valence electrons. The third-order valence-corrected chi connectivity index (χ3v) is 3.29. The highest BCUT2D eigenvalue weighted by Crippen LogP contribution is 2.18. The molecule has 0 amide bonds. The van der Waals surface area contributed by atoms with Gasteiger partial charge in [0.15, 0.2) is 5.96 Å². The smallest absolute Gasteiger partial charge is 0.194 e. The van der Waals surface area contributed by atoms with Crippen LogP contribution in [0.3, 0.4) is 0 Å². The molecule has 0 bridgehead atoms. The molecule has 0 aliphatic carbocycles. The van der Waals surface area contributed by atoms with E-state index in [4.69, 9.17) is 10.1 Å². The lowest BCUT2D eigenvalue weighted by molar-refractivity contribution is 0.409. The summed E-state index contributed by atoms with van der Waals surface area (Å²) in [4.78, 5) is 4.14. The predicted octanol–water partition coefficient (Wildman–Crippen LogP) is 2.99. The molecule has 2 aromatic rings. The molecule has 1 heterocycles. The van der Waals surface area contributed by atoms with E-state index in [1.54, 1.807) is 13.3 Å². The second-order valence-electron chi connectivity index (χ2n) is 4.00. The van der Waals surface area contributed by atoms with Crippen LogP contribution >= 0.6 is 15.9 Å². The Balaban J connectivity index is 1.94. The number of halogens is 1. The lowest BCUT2D eigenvalue weighted by Crippen LogP contribution is -2.29. The van der Waals surface area contributed by atoms with Gasteiger partial charge in [0.1, 0.15) is 11.6 Å². The van der Waals surface area contributed by atoms with Crippen molar-refractivity contribution in [3.63, 3.8) is 0 Å². The summed E-state index contributed by atoms with van der Waals surface area (Å²) in [5.41, 5.74) is 0.988. The first kappa shape index (κ1) is 14.3. The minimum atomic E-state index is 0.176. The zero-order chi connectivity index (χ0) is 14.4. The molecular formula is C14H15BrN4O. The molecule has 1 aromatic heterocycles. The van der Waals surface area contributed by atoms with Gasteiger partial charge in [0.05, 0.1) is 11.6 Å². The molecule has 0 radical (unpaired) electrons. The summed E-state index contributed by atoms with van der Waals surface area (Å²) in [7, 11) is 1.63. The van der Waals surface area contributed by atoms with Crippen molar-refractivity contribution in [3.8, 4) is 5.75 Å². The Morgan fingerprint density at radius 1 is 1.30 bits per heavy atom. The van der Waals surface area contributed by atoms with Crippen LogP contribution in [0.2, 0.25) is 0 Å². The summed E-state index contributed by atoms with van der Waals surface area (Å²) in [6.07, 6.45) is 1.67. The number of hydrogen-bond donors (Lipinski definition) is 3. The van der Waals surface area contributed by atoms with E-state index in [2.05, 4.69) is 31.5 Å². The van der Waals surface area contributed by atoms with Gasteiger partial charge in [0.25, 0.3) is 0 Å². The van der Waals surface area contributed by atoms with E-state index in [9.17, 15) is 0 Å². The third-order valence-electron chi connectivity index (χ3n) is 2.65. The largest absolute Gasteiger partial charge is 0.496 e. The Bertz CT molecular complexity index is 603. The number of guanidine groups is 1. The standard InChI is InChI=1S/C14H15BrN4O/c1-20-12-7-3-2-5-10(12)9-18-14(16)19-13-11(15)6-4-8-17-13/h2-8H,9H2,1H3,(H3,16,17,18,19). The van der Waals surface area contributed by atoms with E-state index in [0.717, 1.165) is 15.8 Å². The first-order valence-corrected chi connectivity index (χ1v) is 6.82. The molecule has 0 atom stereocenters. The number of rotatable bonds is 4. The second-order valence-corrected chi connectivity index (χ2v) is 4.85. The van der Waals surface area contributed by atoms with Crippen molar-refractivity contribution >= 4 is 27.7 Å². The molecule has 0 saturated heterocycles. The summed E-state index contributed by atoms with van der Waals surface area (Å²) in [6, 6.07) is 11.4. The fraction of sp³-hybridized carbons (Fsp3) is 0.143. The molecular weight excluding hydrogens is 320 g/mol. The van der Waals surface area contributed by atoms with Gasteiger partial charge in [-0.15, -0.1) is 0 Å². The van der Waals surface area contributed by atoms with Crippen LogP contribution in [0.25, 0.3) is 0 Å². The topological polar surface area (TPSA) is 70.0 Å². The number of para-hydroxylation sites is 1. The van der Waals surface area contributed by atoms with Gasteiger partial charge in [-0.1, -0.05) is 18.2 Å². The van der Waals surface area contributed by atoms with Gasteiger partial charge in [-0.3, -0.25) is 5.41 Å². The van der Waals surface area contributed by atoms with Gasteiger partial charge < -0.3 is 15.4 Å². The highest BCUT2D eigenvalue weighted by molar-refractivity contribution is 9.10. The van der Waals surface area contributed by atoms with Crippen molar-refractivity contribution in [3.05, 3.63) is 52.6 Å². The van der Waals surface area contributed by atoms with E-state index in [-0.39, 0.29) is 5.96 Å². The lowest BCUT2D eigenvalue weighted by atomic mass is 10.2. The van der Waals surface area contributed by atoms with Crippen molar-refractivity contribution in [1.29, 1.82) is 5.41 Å². The van der Waals surface area contributed by atoms with E-state index < -0.39 is 0 Å². The van der Waals surface area contributed by atoms with Gasteiger partial charge >= 0.3 is 0 Å². The van der Waals surface area contributed by atoms with Gasteiger partial charge in [-0.05, 0) is 34.1 Å². The summed E-state index contributed by atoms with van der Waals surface area (Å²) in [5.74, 6) is 1.58. The summed E-state index contributed by atoms with van der Waals surface area (Å²) >= 11 is 3.37. The number of benzene rings is 1. The van der Waals surface area contributed by atoms with Crippen LogP contribution < -0.4 is 15.4 Å². The van der Waals surface area contributed by atoms with Crippen LogP contribution in [0.4, 0.5) is 5.82 Å². The van der Waals surface area contributed by atoms with Crippen molar-refractivity contribution < 1.29 is 4.74 Å². The molecule has 3 N–H and O–H groups in total. The average molecular weight is 335 g/mol. The Morgan fingerprint density at radius 2 is 2.10 bits per heavy atom. The molecule has 6 heteroatoms. The third kappa shape index (κ3) is 3.71. The minimum absolute atomic E-state index is 0.176. The van der Waals surface area contributed by atoms with E-state index in [0.29, 0.717) is 12.4 Å². The van der Waals surface area contributed by atoms with Crippen LogP contribution in [-0.4, -0.2) is 18.1 Å². The zero-order valence-electron chi connectivity index (χ0n) is 11.0. The number of ether oxygens (including phenoxy) is 1. The maximum atomic E-state index is 7.88. The van der Waals surface area contributed by atoms with Crippen LogP contribution in [0.1, 0.15) is 5.56 Å². The van der Waals surface area contributed by atoms with Crippen molar-refractivity contribution in [2.45, 2.75) is 6.54 Å². The first-order chi connectivity index (χ1) is 9.70. The fourth-order valence-electron chi connectivity index (χ4n) is 1.67. The summed E-state index contributed by atoms with van der Waals surface area (Å²) < 4.78 is 6.07. The van der Waals surface area contributed by atoms with E-state index in [1.807, 2.05) is 36.4 Å². The van der Waals surface area contributed by atoms with Gasteiger partial charge in [-0.25, -0.2) is 4.98 Å². The molecule has 2 rings (SSSR count). The van der Waals surface area contributed by atoms with Crippen molar-refractivity contribution in [1.82, 2.24) is 10.3 Å². The van der Waals surface area contributed by atoms with Crippen LogP contribution in [0.15, 0.2) is 47.1 Å². The fourth-order valence-corrected chi connectivity index (χ4v) is 2.03. The van der Waals surface area contributed by atoms with Crippen molar-refractivity contribution in [2.75, 3.05) is 12.4 Å². The van der Waals surface area contributed by atoms with Gasteiger partial charge in [0, 0.05) is 18.3 Å². The van der Waals surface area contributed by atoms with Crippen LogP contribution in [0, 0.1) is 5.41 Å². The Kier molecular flexibility index (Phi) is 4.95. The number of nitrogens with zero attached hydrogens (tertiary/aromatic N) is 1. The quantitative estimate of drug-likeness (QED) is 0.593. The normalized spacial score (nSPS) is 9.90. The molecule has 20 heavy (non-hydrogen) atoms. The Labute approximate surface area is 126 Å². The molecule has 1 aromatic carbocycles. The number of aromatic nitrogens is 1. The number of nitrogens with one attached hydrogen (secondary N) is 3. The number of anilines is 1. The minimum Gasteiger partial charge on any atom is -0.496 e. The predicted molar refractivity (Wildman–Crippen MR) is 83.1 cm³/mol. The molecule has 0 unspecified atom stereocenters. The van der Waals surface area contributed by atoms with E-state index >= 15 is 0 Å². The van der Waals surface area contributed by atoms with Crippen LogP contribution in [-0.2, 0) is 6.54 Å². The molecule has 0 saturated carbocycles. The summed E-state index contributed by atoms with van der Waals surface area (Å²) in [5, 5.41) is 13.7. The monoisotopic (exact) mass is 334 g/mol. The molecule has 0 aliphatic heterocycles. The molecule has 0 aliphatic rings. The van der Waals surface area contributed by atoms with Gasteiger partial charge in [-0.2, -0.15) is 0 Å².